The zero-order chi connectivity index (χ0) is 8.43. The predicted molar refractivity (Wildman–Crippen MR) is 44.0 cm³/mol. The Morgan fingerprint density at radius 3 is 2.55 bits per heavy atom. The minimum absolute atomic E-state index is 0.0108. The Morgan fingerprint density at radius 1 is 1.36 bits per heavy atom. The number of hydrogen-bond donors (Lipinski definition) is 2. The zero-order valence-electron chi connectivity index (χ0n) is 5.84. The second-order valence-corrected chi connectivity index (χ2v) is 2.74. The summed E-state index contributed by atoms with van der Waals surface area (Å²) in [6.45, 7) is 0. The van der Waals surface area contributed by atoms with Crippen LogP contribution in [0.25, 0.3) is 0 Å². The fraction of sp³-hybridized carbons (Fsp3) is 0.143. The Morgan fingerprint density at radius 2 is 2.00 bits per heavy atom. The normalized spacial score (nSPS) is 9.64. The quantitative estimate of drug-likeness (QED) is 0.757. The van der Waals surface area contributed by atoms with Crippen molar-refractivity contribution in [2.75, 3.05) is 7.11 Å². The van der Waals surface area contributed by atoms with Crippen molar-refractivity contribution in [3.05, 3.63) is 16.6 Å². The van der Waals surface area contributed by atoms with Gasteiger partial charge in [-0.2, -0.15) is 0 Å². The maximum absolute atomic E-state index is 9.25. The van der Waals surface area contributed by atoms with Crippen LogP contribution in [0.3, 0.4) is 0 Å². The van der Waals surface area contributed by atoms with Crippen LogP contribution in [0.15, 0.2) is 16.6 Å². The van der Waals surface area contributed by atoms with E-state index in [-0.39, 0.29) is 16.0 Å². The van der Waals surface area contributed by atoms with Crippen LogP contribution in [0, 0.1) is 0 Å². The van der Waals surface area contributed by atoms with Gasteiger partial charge < -0.3 is 14.9 Å². The van der Waals surface area contributed by atoms with Gasteiger partial charge in [-0.25, -0.2) is 0 Å². The number of rotatable bonds is 1. The molecular weight excluding hydrogens is 212 g/mol. The number of aromatic hydroxyl groups is 2. The van der Waals surface area contributed by atoms with Gasteiger partial charge in [-0.15, -0.1) is 0 Å². The smallest absolute Gasteiger partial charge is 0.176 e. The summed E-state index contributed by atoms with van der Waals surface area (Å²) in [5, 5.41) is 18.3. The van der Waals surface area contributed by atoms with Gasteiger partial charge in [0, 0.05) is 0 Å². The first-order valence-electron chi connectivity index (χ1n) is 2.91. The van der Waals surface area contributed by atoms with E-state index in [9.17, 15) is 5.11 Å². The van der Waals surface area contributed by atoms with E-state index in [1.54, 1.807) is 0 Å². The number of phenolic OH excluding ortho intramolecular Hbond substituents is 2. The molecule has 0 aliphatic heterocycles. The molecule has 1 rings (SSSR count). The second-order valence-electron chi connectivity index (χ2n) is 1.95. The highest BCUT2D eigenvalue weighted by molar-refractivity contribution is 9.10. The maximum Gasteiger partial charge on any atom is 0.176 e. The number of methoxy groups -OCH3 is 1. The summed E-state index contributed by atoms with van der Waals surface area (Å²) in [7, 11) is 1.44. The van der Waals surface area contributed by atoms with Crippen molar-refractivity contribution in [3.8, 4) is 17.2 Å². The number of benzene rings is 1. The third kappa shape index (κ3) is 1.40. The van der Waals surface area contributed by atoms with Crippen molar-refractivity contribution >= 4 is 15.9 Å². The second kappa shape index (κ2) is 3.00. The first kappa shape index (κ1) is 8.20. The van der Waals surface area contributed by atoms with Gasteiger partial charge in [0.25, 0.3) is 0 Å². The maximum atomic E-state index is 9.25. The molecule has 1 aromatic rings. The molecule has 0 aliphatic carbocycles. The van der Waals surface area contributed by atoms with Crippen molar-refractivity contribution in [2.24, 2.45) is 0 Å². The van der Waals surface area contributed by atoms with Crippen LogP contribution in [0.1, 0.15) is 0 Å². The van der Waals surface area contributed by atoms with Gasteiger partial charge in [-0.3, -0.25) is 0 Å². The molecule has 2 N–H and O–H groups in total. The highest BCUT2D eigenvalue weighted by Gasteiger charge is 2.08. The van der Waals surface area contributed by atoms with Gasteiger partial charge in [-0.1, -0.05) is 0 Å². The highest BCUT2D eigenvalue weighted by Crippen LogP contribution is 2.39. The van der Waals surface area contributed by atoms with Crippen LogP contribution >= 0.6 is 15.9 Å². The standard InChI is InChI=1S/C7H7BrO3/c1-11-5-3-2-4(9)6(8)7(5)10/h2-3,9-10H,1H3. The molecule has 0 radical (unpaired) electrons. The Bertz CT molecular complexity index is 273. The minimum Gasteiger partial charge on any atom is -0.507 e. The van der Waals surface area contributed by atoms with E-state index in [1.807, 2.05) is 0 Å². The number of halogens is 1. The average molecular weight is 219 g/mol. The van der Waals surface area contributed by atoms with E-state index in [1.165, 1.54) is 19.2 Å². The van der Waals surface area contributed by atoms with E-state index in [0.717, 1.165) is 0 Å². The van der Waals surface area contributed by atoms with Gasteiger partial charge >= 0.3 is 0 Å². The van der Waals surface area contributed by atoms with Gasteiger partial charge in [0.2, 0.25) is 0 Å². The molecule has 0 atom stereocenters. The first-order valence-corrected chi connectivity index (χ1v) is 3.70. The first-order chi connectivity index (χ1) is 5.16. The Labute approximate surface area is 72.4 Å². The molecule has 0 spiro atoms. The summed E-state index contributed by atoms with van der Waals surface area (Å²) in [5.41, 5.74) is 0. The van der Waals surface area contributed by atoms with Crippen LogP contribution in [0.2, 0.25) is 0 Å². The van der Waals surface area contributed by atoms with Crippen molar-refractivity contribution in [1.82, 2.24) is 0 Å². The lowest BCUT2D eigenvalue weighted by molar-refractivity contribution is 0.367. The van der Waals surface area contributed by atoms with E-state index < -0.39 is 0 Å². The molecule has 0 saturated heterocycles. The Hall–Kier alpha value is -0.900. The molecule has 0 amide bonds. The fourth-order valence-electron chi connectivity index (χ4n) is 0.701. The summed E-state index contributed by atoms with van der Waals surface area (Å²) in [5.74, 6) is 0.227. The van der Waals surface area contributed by atoms with Gasteiger partial charge in [-0.05, 0) is 28.1 Å². The third-order valence-electron chi connectivity index (χ3n) is 1.28. The number of hydrogen-bond acceptors (Lipinski definition) is 3. The molecule has 0 aliphatic rings. The number of ether oxygens (including phenoxy) is 1. The molecule has 60 valence electrons. The highest BCUT2D eigenvalue weighted by atomic mass is 79.9. The molecule has 0 unspecified atom stereocenters. The summed E-state index contributed by atoms with van der Waals surface area (Å²) in [6.07, 6.45) is 0. The molecule has 3 nitrogen and oxygen atoms in total. The molecule has 0 fully saturated rings. The molecule has 0 aromatic heterocycles. The molecule has 0 heterocycles. The SMILES string of the molecule is COc1ccc(O)c(Br)c1O. The van der Waals surface area contributed by atoms with E-state index in [2.05, 4.69) is 15.9 Å². The van der Waals surface area contributed by atoms with E-state index in [0.29, 0.717) is 5.75 Å². The molecular formula is C7H7BrO3. The van der Waals surface area contributed by atoms with E-state index >= 15 is 0 Å². The van der Waals surface area contributed by atoms with E-state index in [4.69, 9.17) is 9.84 Å². The van der Waals surface area contributed by atoms with Crippen LogP contribution in [-0.4, -0.2) is 17.3 Å². The van der Waals surface area contributed by atoms with Crippen LogP contribution in [-0.2, 0) is 0 Å². The van der Waals surface area contributed by atoms with Crippen molar-refractivity contribution in [3.63, 3.8) is 0 Å². The molecule has 1 aromatic carbocycles. The summed E-state index contributed by atoms with van der Waals surface area (Å²) in [4.78, 5) is 0. The molecule has 11 heavy (non-hydrogen) atoms. The topological polar surface area (TPSA) is 49.7 Å². The van der Waals surface area contributed by atoms with Crippen molar-refractivity contribution < 1.29 is 14.9 Å². The fourth-order valence-corrected chi connectivity index (χ4v) is 1.03. The van der Waals surface area contributed by atoms with Crippen LogP contribution < -0.4 is 4.74 Å². The average Bonchev–Trinajstić information content (AvgIpc) is 2.01. The minimum atomic E-state index is -0.0903. The molecule has 0 saturated carbocycles. The van der Waals surface area contributed by atoms with Gasteiger partial charge in [0.15, 0.2) is 11.5 Å². The monoisotopic (exact) mass is 218 g/mol. The Balaban J connectivity index is 3.25. The Kier molecular flexibility index (Phi) is 2.24. The molecule has 4 heteroatoms. The summed E-state index contributed by atoms with van der Waals surface area (Å²) < 4.78 is 5.04. The van der Waals surface area contributed by atoms with Gasteiger partial charge in [0.1, 0.15) is 10.2 Å². The summed E-state index contributed by atoms with van der Waals surface area (Å²) >= 11 is 2.99. The van der Waals surface area contributed by atoms with Crippen molar-refractivity contribution in [2.45, 2.75) is 0 Å². The van der Waals surface area contributed by atoms with Crippen molar-refractivity contribution in [1.29, 1.82) is 0 Å². The zero-order valence-corrected chi connectivity index (χ0v) is 7.42. The summed E-state index contributed by atoms with van der Waals surface area (Å²) in [6, 6.07) is 2.91. The lowest BCUT2D eigenvalue weighted by Crippen LogP contribution is -1.83. The lowest BCUT2D eigenvalue weighted by Gasteiger charge is -2.04. The molecule has 0 bridgehead atoms. The predicted octanol–water partition coefficient (Wildman–Crippen LogP) is 1.87. The lowest BCUT2D eigenvalue weighted by atomic mass is 10.3. The van der Waals surface area contributed by atoms with Gasteiger partial charge in [0.05, 0.1) is 7.11 Å². The van der Waals surface area contributed by atoms with Crippen LogP contribution in [0.5, 0.6) is 17.2 Å². The van der Waals surface area contributed by atoms with Crippen LogP contribution in [0.4, 0.5) is 0 Å². The largest absolute Gasteiger partial charge is 0.507 e. The third-order valence-corrected chi connectivity index (χ3v) is 2.06. The number of phenols is 2.